The molecule has 0 spiro atoms. The SMILES string of the molecule is COC(=O)C1CCN(c2ccncc2NC(=O)c2c(N)nn3cc(Cl)cnc23)CC1. The molecule has 0 bridgehead atoms. The number of methoxy groups -OCH3 is 1. The Morgan fingerprint density at radius 1 is 1.30 bits per heavy atom. The molecule has 1 fully saturated rings. The monoisotopic (exact) mass is 429 g/mol. The Morgan fingerprint density at radius 3 is 2.80 bits per heavy atom. The van der Waals surface area contributed by atoms with E-state index in [1.807, 2.05) is 6.07 Å². The highest BCUT2D eigenvalue weighted by Gasteiger charge is 2.27. The minimum atomic E-state index is -0.448. The van der Waals surface area contributed by atoms with Crippen molar-refractivity contribution in [3.63, 3.8) is 0 Å². The van der Waals surface area contributed by atoms with Crippen LogP contribution in [-0.4, -0.2) is 51.7 Å². The van der Waals surface area contributed by atoms with Gasteiger partial charge < -0.3 is 20.7 Å². The van der Waals surface area contributed by atoms with E-state index in [0.29, 0.717) is 42.3 Å². The van der Waals surface area contributed by atoms with Gasteiger partial charge in [0.1, 0.15) is 5.56 Å². The predicted octanol–water partition coefficient (Wildman–Crippen LogP) is 2.00. The number of fused-ring (bicyclic) bond motifs is 1. The van der Waals surface area contributed by atoms with E-state index < -0.39 is 5.91 Å². The van der Waals surface area contributed by atoms with E-state index in [0.717, 1.165) is 5.69 Å². The van der Waals surface area contributed by atoms with Crippen molar-refractivity contribution in [1.82, 2.24) is 19.6 Å². The second-order valence-electron chi connectivity index (χ2n) is 6.93. The fourth-order valence-corrected chi connectivity index (χ4v) is 3.76. The Hall–Kier alpha value is -3.40. The molecular weight excluding hydrogens is 410 g/mol. The second-order valence-corrected chi connectivity index (χ2v) is 7.37. The van der Waals surface area contributed by atoms with Crippen molar-refractivity contribution in [2.24, 2.45) is 5.92 Å². The lowest BCUT2D eigenvalue weighted by Gasteiger charge is -2.33. The summed E-state index contributed by atoms with van der Waals surface area (Å²) in [6.07, 6.45) is 7.53. The number of esters is 1. The summed E-state index contributed by atoms with van der Waals surface area (Å²) in [6, 6.07) is 1.82. The molecule has 0 aliphatic carbocycles. The summed E-state index contributed by atoms with van der Waals surface area (Å²) in [6.45, 7) is 1.32. The minimum absolute atomic E-state index is 0.0478. The Kier molecular flexibility index (Phi) is 5.40. The lowest BCUT2D eigenvalue weighted by atomic mass is 9.96. The van der Waals surface area contributed by atoms with Gasteiger partial charge in [0.25, 0.3) is 5.91 Å². The third kappa shape index (κ3) is 3.73. The Balaban J connectivity index is 1.56. The zero-order valence-corrected chi connectivity index (χ0v) is 17.0. The number of rotatable bonds is 4. The number of nitrogens with two attached hydrogens (primary N) is 1. The van der Waals surface area contributed by atoms with Gasteiger partial charge in [-0.2, -0.15) is 0 Å². The first-order chi connectivity index (χ1) is 14.5. The zero-order chi connectivity index (χ0) is 21.3. The molecule has 11 heteroatoms. The highest BCUT2D eigenvalue weighted by atomic mass is 35.5. The standard InChI is InChI=1S/C19H20ClN7O3/c1-30-19(29)11-3-6-26(7-4-11)14-2-5-22-9-13(14)24-18(28)15-16(21)25-27-10-12(20)8-23-17(15)27/h2,5,8-11H,3-4,6-7H2,1H3,(H2,21,25)(H,24,28). The number of pyridine rings is 1. The number of piperidine rings is 1. The van der Waals surface area contributed by atoms with Crippen LogP contribution >= 0.6 is 11.6 Å². The number of nitrogen functional groups attached to an aromatic ring is 1. The van der Waals surface area contributed by atoms with Gasteiger partial charge in [-0.25, -0.2) is 9.50 Å². The number of ether oxygens (including phenoxy) is 1. The summed E-state index contributed by atoms with van der Waals surface area (Å²) in [4.78, 5) is 35.2. The van der Waals surface area contributed by atoms with Gasteiger partial charge in [0.15, 0.2) is 11.5 Å². The normalized spacial score (nSPS) is 14.7. The van der Waals surface area contributed by atoms with Crippen molar-refractivity contribution in [1.29, 1.82) is 0 Å². The molecule has 1 aliphatic heterocycles. The van der Waals surface area contributed by atoms with Gasteiger partial charge in [0.2, 0.25) is 0 Å². The summed E-state index contributed by atoms with van der Waals surface area (Å²) in [5.74, 6) is -0.695. The molecule has 0 unspecified atom stereocenters. The van der Waals surface area contributed by atoms with Crippen molar-refractivity contribution >= 4 is 46.3 Å². The maximum atomic E-state index is 13.0. The fraction of sp³-hybridized carbons (Fsp3) is 0.316. The molecule has 3 aromatic heterocycles. The molecule has 1 saturated heterocycles. The molecule has 0 radical (unpaired) electrons. The highest BCUT2D eigenvalue weighted by Crippen LogP contribution is 2.30. The van der Waals surface area contributed by atoms with Gasteiger partial charge in [-0.1, -0.05) is 11.6 Å². The molecule has 3 N–H and O–H groups in total. The summed E-state index contributed by atoms with van der Waals surface area (Å²) in [5, 5.41) is 7.34. The van der Waals surface area contributed by atoms with Gasteiger partial charge in [-0.15, -0.1) is 5.10 Å². The molecule has 4 heterocycles. The topological polar surface area (TPSA) is 128 Å². The number of amides is 1. The van der Waals surface area contributed by atoms with E-state index in [9.17, 15) is 9.59 Å². The molecule has 1 aliphatic rings. The van der Waals surface area contributed by atoms with Crippen LogP contribution in [0.2, 0.25) is 5.02 Å². The first-order valence-corrected chi connectivity index (χ1v) is 9.73. The molecule has 10 nitrogen and oxygen atoms in total. The lowest BCUT2D eigenvalue weighted by molar-refractivity contribution is -0.146. The number of hydrogen-bond donors (Lipinski definition) is 2. The molecule has 3 aromatic rings. The van der Waals surface area contributed by atoms with Gasteiger partial charge in [-0.3, -0.25) is 14.6 Å². The molecule has 0 atom stereocenters. The van der Waals surface area contributed by atoms with Gasteiger partial charge in [-0.05, 0) is 18.9 Å². The van der Waals surface area contributed by atoms with E-state index in [-0.39, 0.29) is 23.3 Å². The number of anilines is 3. The number of hydrogen-bond acceptors (Lipinski definition) is 8. The van der Waals surface area contributed by atoms with Crippen LogP contribution in [0.1, 0.15) is 23.2 Å². The Labute approximate surface area is 177 Å². The minimum Gasteiger partial charge on any atom is -0.469 e. The highest BCUT2D eigenvalue weighted by molar-refractivity contribution is 6.30. The summed E-state index contributed by atoms with van der Waals surface area (Å²) < 4.78 is 6.21. The van der Waals surface area contributed by atoms with Crippen LogP contribution in [0, 0.1) is 5.92 Å². The van der Waals surface area contributed by atoms with Crippen LogP contribution in [0.3, 0.4) is 0 Å². The van der Waals surface area contributed by atoms with Crippen molar-refractivity contribution < 1.29 is 14.3 Å². The smallest absolute Gasteiger partial charge is 0.308 e. The van der Waals surface area contributed by atoms with Crippen molar-refractivity contribution in [2.45, 2.75) is 12.8 Å². The van der Waals surface area contributed by atoms with Gasteiger partial charge >= 0.3 is 5.97 Å². The number of aromatic nitrogens is 4. The second kappa shape index (κ2) is 8.15. The molecular formula is C19H20ClN7O3. The van der Waals surface area contributed by atoms with E-state index in [4.69, 9.17) is 22.1 Å². The third-order valence-corrected chi connectivity index (χ3v) is 5.31. The van der Waals surface area contributed by atoms with Crippen molar-refractivity contribution in [3.8, 4) is 0 Å². The quantitative estimate of drug-likeness (QED) is 0.602. The van der Waals surface area contributed by atoms with E-state index >= 15 is 0 Å². The predicted molar refractivity (Wildman–Crippen MR) is 112 cm³/mol. The van der Waals surface area contributed by atoms with Crippen LogP contribution in [0.4, 0.5) is 17.2 Å². The van der Waals surface area contributed by atoms with Gasteiger partial charge in [0.05, 0.1) is 41.8 Å². The van der Waals surface area contributed by atoms with Crippen LogP contribution in [0.15, 0.2) is 30.9 Å². The lowest BCUT2D eigenvalue weighted by Crippen LogP contribution is -2.37. The molecule has 156 valence electrons. The summed E-state index contributed by atoms with van der Waals surface area (Å²) in [7, 11) is 1.40. The Bertz CT molecular complexity index is 1110. The number of halogens is 1. The van der Waals surface area contributed by atoms with Crippen molar-refractivity contribution in [2.75, 3.05) is 36.1 Å². The zero-order valence-electron chi connectivity index (χ0n) is 16.2. The number of carbonyl (C=O) groups excluding carboxylic acids is 2. The van der Waals surface area contributed by atoms with Crippen LogP contribution in [0.25, 0.3) is 5.65 Å². The maximum Gasteiger partial charge on any atom is 0.308 e. The van der Waals surface area contributed by atoms with E-state index in [2.05, 4.69) is 25.3 Å². The average Bonchev–Trinajstić information content (AvgIpc) is 3.08. The first-order valence-electron chi connectivity index (χ1n) is 9.35. The van der Waals surface area contributed by atoms with Gasteiger partial charge in [0, 0.05) is 25.5 Å². The van der Waals surface area contributed by atoms with Crippen LogP contribution in [-0.2, 0) is 9.53 Å². The largest absolute Gasteiger partial charge is 0.469 e. The fourth-order valence-electron chi connectivity index (χ4n) is 3.61. The maximum absolute atomic E-state index is 13.0. The molecule has 4 rings (SSSR count). The average molecular weight is 430 g/mol. The molecule has 0 saturated carbocycles. The van der Waals surface area contributed by atoms with E-state index in [1.165, 1.54) is 24.0 Å². The first kappa shape index (κ1) is 19.9. The number of carbonyl (C=O) groups is 2. The van der Waals surface area contributed by atoms with E-state index in [1.54, 1.807) is 12.4 Å². The molecule has 1 amide bonds. The third-order valence-electron chi connectivity index (χ3n) is 5.11. The summed E-state index contributed by atoms with van der Waals surface area (Å²) in [5.41, 5.74) is 7.76. The summed E-state index contributed by atoms with van der Waals surface area (Å²) >= 11 is 5.93. The number of nitrogens with zero attached hydrogens (tertiary/aromatic N) is 5. The Morgan fingerprint density at radius 2 is 2.07 bits per heavy atom. The van der Waals surface area contributed by atoms with Crippen LogP contribution in [0.5, 0.6) is 0 Å². The number of nitrogens with one attached hydrogen (secondary N) is 1. The van der Waals surface area contributed by atoms with Crippen LogP contribution < -0.4 is 16.0 Å². The molecule has 0 aromatic carbocycles. The molecule has 30 heavy (non-hydrogen) atoms. The van der Waals surface area contributed by atoms with Crippen molar-refractivity contribution in [3.05, 3.63) is 41.4 Å².